The van der Waals surface area contributed by atoms with Crippen molar-refractivity contribution in [3.05, 3.63) is 35.4 Å². The average molecular weight is 209 g/mol. The van der Waals surface area contributed by atoms with Crippen molar-refractivity contribution in [2.24, 2.45) is 0 Å². The van der Waals surface area contributed by atoms with Gasteiger partial charge in [-0.2, -0.15) is 0 Å². The third-order valence-corrected chi connectivity index (χ3v) is 2.45. The van der Waals surface area contributed by atoms with E-state index in [4.69, 9.17) is 0 Å². The molecule has 0 bridgehead atoms. The van der Waals surface area contributed by atoms with Gasteiger partial charge in [0.15, 0.2) is 0 Å². The fourth-order valence-corrected chi connectivity index (χ4v) is 1.48. The highest BCUT2D eigenvalue weighted by Gasteiger charge is 2.15. The highest BCUT2D eigenvalue weighted by Crippen LogP contribution is 2.10. The van der Waals surface area contributed by atoms with E-state index in [1.165, 1.54) is 5.56 Å². The van der Waals surface area contributed by atoms with Crippen molar-refractivity contribution in [2.75, 3.05) is 0 Å². The molecule has 0 aliphatic heterocycles. The highest BCUT2D eigenvalue weighted by molar-refractivity contribution is 5.21. The van der Waals surface area contributed by atoms with E-state index in [0.717, 1.165) is 5.56 Å². The molecule has 84 valence electrons. The molecule has 3 nitrogen and oxygen atoms in total. The predicted octanol–water partition coefficient (Wildman–Crippen LogP) is 1.47. The van der Waals surface area contributed by atoms with E-state index in [1.54, 1.807) is 18.7 Å². The van der Waals surface area contributed by atoms with Crippen molar-refractivity contribution >= 4 is 0 Å². The van der Waals surface area contributed by atoms with Gasteiger partial charge in [-0.25, -0.2) is 4.90 Å². The van der Waals surface area contributed by atoms with Crippen LogP contribution >= 0.6 is 0 Å². The number of hydrogen-bond donors (Lipinski definition) is 2. The fourth-order valence-electron chi connectivity index (χ4n) is 1.48. The summed E-state index contributed by atoms with van der Waals surface area (Å²) >= 11 is 0. The van der Waals surface area contributed by atoms with Gasteiger partial charge in [0.25, 0.3) is 0 Å². The van der Waals surface area contributed by atoms with E-state index in [0.29, 0.717) is 6.54 Å². The Morgan fingerprint density at radius 3 is 1.93 bits per heavy atom. The lowest BCUT2D eigenvalue weighted by atomic mass is 10.1. The normalized spacial score (nSPS) is 15.3. The monoisotopic (exact) mass is 209 g/mol. The number of aryl methyl sites for hydroxylation is 1. The molecule has 0 amide bonds. The zero-order valence-corrected chi connectivity index (χ0v) is 9.51. The molecule has 1 aromatic rings. The van der Waals surface area contributed by atoms with Crippen molar-refractivity contribution in [1.82, 2.24) is 4.90 Å². The van der Waals surface area contributed by atoms with Gasteiger partial charge in [0.05, 0.1) is 0 Å². The summed E-state index contributed by atoms with van der Waals surface area (Å²) < 4.78 is 0. The maximum atomic E-state index is 9.46. The molecule has 2 unspecified atom stereocenters. The number of rotatable bonds is 4. The number of hydrogen-bond acceptors (Lipinski definition) is 3. The van der Waals surface area contributed by atoms with Crippen molar-refractivity contribution < 1.29 is 10.2 Å². The lowest BCUT2D eigenvalue weighted by Gasteiger charge is -2.28. The molecule has 0 fully saturated rings. The minimum absolute atomic E-state index is 0.551. The van der Waals surface area contributed by atoms with Gasteiger partial charge in [-0.1, -0.05) is 29.8 Å². The van der Waals surface area contributed by atoms with Crippen LogP contribution in [0.2, 0.25) is 0 Å². The van der Waals surface area contributed by atoms with Crippen molar-refractivity contribution in [2.45, 2.75) is 39.8 Å². The van der Waals surface area contributed by atoms with Crippen LogP contribution in [0.1, 0.15) is 25.0 Å². The van der Waals surface area contributed by atoms with E-state index in [9.17, 15) is 10.2 Å². The van der Waals surface area contributed by atoms with Gasteiger partial charge in [-0.05, 0) is 26.3 Å². The SMILES string of the molecule is Cc1ccc(CN(C(C)O)C(C)O)cc1. The van der Waals surface area contributed by atoms with Crippen molar-refractivity contribution in [3.63, 3.8) is 0 Å². The number of aliphatic hydroxyl groups is 2. The summed E-state index contributed by atoms with van der Waals surface area (Å²) in [6.07, 6.45) is -1.29. The number of benzene rings is 1. The second-order valence-corrected chi connectivity index (χ2v) is 3.92. The molecule has 1 rings (SSSR count). The Morgan fingerprint density at radius 2 is 1.53 bits per heavy atom. The predicted molar refractivity (Wildman–Crippen MR) is 60.1 cm³/mol. The molecule has 0 aliphatic rings. The van der Waals surface area contributed by atoms with Gasteiger partial charge in [-0.15, -0.1) is 0 Å². The van der Waals surface area contributed by atoms with E-state index >= 15 is 0 Å². The molecule has 2 N–H and O–H groups in total. The topological polar surface area (TPSA) is 43.7 Å². The number of nitrogens with zero attached hydrogens (tertiary/aromatic N) is 1. The average Bonchev–Trinajstić information content (AvgIpc) is 2.15. The molecule has 0 aliphatic carbocycles. The standard InChI is InChI=1S/C12H19NO2/c1-9-4-6-12(7-5-9)8-13(10(2)14)11(3)15/h4-7,10-11,14-15H,8H2,1-3H3. The summed E-state index contributed by atoms with van der Waals surface area (Å²) in [7, 11) is 0. The first-order valence-corrected chi connectivity index (χ1v) is 5.18. The Hall–Kier alpha value is -0.900. The maximum absolute atomic E-state index is 9.46. The van der Waals surface area contributed by atoms with E-state index in [1.807, 2.05) is 31.2 Å². The zero-order chi connectivity index (χ0) is 11.4. The van der Waals surface area contributed by atoms with Crippen LogP contribution in [-0.2, 0) is 6.54 Å². The quantitative estimate of drug-likeness (QED) is 0.738. The smallest absolute Gasteiger partial charge is 0.106 e. The molecular weight excluding hydrogens is 190 g/mol. The van der Waals surface area contributed by atoms with Gasteiger partial charge in [0.1, 0.15) is 12.5 Å². The van der Waals surface area contributed by atoms with Gasteiger partial charge in [0.2, 0.25) is 0 Å². The summed E-state index contributed by atoms with van der Waals surface area (Å²) in [5.74, 6) is 0. The van der Waals surface area contributed by atoms with Crippen LogP contribution in [-0.4, -0.2) is 27.6 Å². The first-order chi connectivity index (χ1) is 7.00. The Kier molecular flexibility index (Phi) is 4.27. The second kappa shape index (κ2) is 5.26. The van der Waals surface area contributed by atoms with E-state index in [2.05, 4.69) is 0 Å². The van der Waals surface area contributed by atoms with Crippen LogP contribution in [0.25, 0.3) is 0 Å². The molecule has 0 heterocycles. The van der Waals surface area contributed by atoms with Gasteiger partial charge >= 0.3 is 0 Å². The lowest BCUT2D eigenvalue weighted by molar-refractivity contribution is -0.0897. The Labute approximate surface area is 91.0 Å². The molecule has 2 atom stereocenters. The molecule has 0 saturated heterocycles. The van der Waals surface area contributed by atoms with Crippen LogP contribution in [0.3, 0.4) is 0 Å². The maximum Gasteiger partial charge on any atom is 0.106 e. The summed E-state index contributed by atoms with van der Waals surface area (Å²) in [5, 5.41) is 18.9. The fraction of sp³-hybridized carbons (Fsp3) is 0.500. The van der Waals surface area contributed by atoms with Gasteiger partial charge < -0.3 is 10.2 Å². The molecule has 1 aromatic carbocycles. The highest BCUT2D eigenvalue weighted by atomic mass is 16.3. The van der Waals surface area contributed by atoms with Crippen LogP contribution in [0.4, 0.5) is 0 Å². The van der Waals surface area contributed by atoms with Crippen LogP contribution in [0.15, 0.2) is 24.3 Å². The summed E-state index contributed by atoms with van der Waals surface area (Å²) in [4.78, 5) is 1.62. The summed E-state index contributed by atoms with van der Waals surface area (Å²) in [6.45, 7) is 5.89. The first-order valence-electron chi connectivity index (χ1n) is 5.18. The zero-order valence-electron chi connectivity index (χ0n) is 9.51. The van der Waals surface area contributed by atoms with Crippen LogP contribution in [0.5, 0.6) is 0 Å². The van der Waals surface area contributed by atoms with Crippen LogP contribution < -0.4 is 0 Å². The van der Waals surface area contributed by atoms with E-state index < -0.39 is 12.5 Å². The first kappa shape index (κ1) is 12.2. The Balaban J connectivity index is 2.70. The van der Waals surface area contributed by atoms with Crippen molar-refractivity contribution in [1.29, 1.82) is 0 Å². The van der Waals surface area contributed by atoms with Gasteiger partial charge in [0, 0.05) is 6.54 Å². The Morgan fingerprint density at radius 1 is 1.07 bits per heavy atom. The molecule has 0 radical (unpaired) electrons. The van der Waals surface area contributed by atoms with Crippen molar-refractivity contribution in [3.8, 4) is 0 Å². The molecule has 0 aromatic heterocycles. The molecule has 0 saturated carbocycles. The lowest BCUT2D eigenvalue weighted by Crippen LogP contribution is -2.39. The molecule has 0 spiro atoms. The second-order valence-electron chi connectivity index (χ2n) is 3.92. The molecule has 15 heavy (non-hydrogen) atoms. The van der Waals surface area contributed by atoms with Crippen LogP contribution in [0, 0.1) is 6.92 Å². The number of aliphatic hydroxyl groups excluding tert-OH is 2. The minimum Gasteiger partial charge on any atom is -0.379 e. The summed E-state index contributed by atoms with van der Waals surface area (Å²) in [5.41, 5.74) is 2.29. The third-order valence-electron chi connectivity index (χ3n) is 2.45. The van der Waals surface area contributed by atoms with E-state index in [-0.39, 0.29) is 0 Å². The summed E-state index contributed by atoms with van der Waals surface area (Å²) in [6, 6.07) is 8.06. The van der Waals surface area contributed by atoms with Gasteiger partial charge in [-0.3, -0.25) is 0 Å². The Bertz CT molecular complexity index is 285. The largest absolute Gasteiger partial charge is 0.379 e. The third kappa shape index (κ3) is 3.63. The molecule has 3 heteroatoms. The molecular formula is C12H19NO2. The minimum atomic E-state index is -0.647.